The summed E-state index contributed by atoms with van der Waals surface area (Å²) in [4.78, 5) is 101. The topological polar surface area (TPSA) is 408 Å². The van der Waals surface area contributed by atoms with Gasteiger partial charge in [-0.05, 0) is 110 Å². The van der Waals surface area contributed by atoms with Crippen molar-refractivity contribution in [3.8, 4) is 0 Å². The second-order valence-corrected chi connectivity index (χ2v) is 26.7. The van der Waals surface area contributed by atoms with E-state index in [-0.39, 0.29) is 37.9 Å². The van der Waals surface area contributed by atoms with Crippen LogP contribution in [0.5, 0.6) is 0 Å². The molecule has 2 saturated carbocycles. The molecular weight excluding hydrogens is 1240 g/mol. The third-order valence-electron chi connectivity index (χ3n) is 17.2. The van der Waals surface area contributed by atoms with E-state index in [4.69, 9.17) is 18.9 Å². The van der Waals surface area contributed by atoms with Crippen LogP contribution >= 0.6 is 23.5 Å². The van der Waals surface area contributed by atoms with Crippen LogP contribution in [0.15, 0.2) is 48.5 Å². The fourth-order valence-electron chi connectivity index (χ4n) is 12.1. The monoisotopic (exact) mass is 1330 g/mol. The van der Waals surface area contributed by atoms with Gasteiger partial charge in [0.25, 0.3) is 23.4 Å². The summed E-state index contributed by atoms with van der Waals surface area (Å²) in [5.41, 5.74) is 2.99. The molecule has 0 spiro atoms. The zero-order chi connectivity index (χ0) is 66.8. The highest BCUT2D eigenvalue weighted by atomic mass is 32.2. The Balaban J connectivity index is 0.808. The summed E-state index contributed by atoms with van der Waals surface area (Å²) < 4.78 is 23.2. The van der Waals surface area contributed by atoms with E-state index >= 15 is 0 Å². The maximum Gasteiger partial charge on any atom is 0.364 e. The van der Waals surface area contributed by atoms with Crippen LogP contribution in [-0.4, -0.2) is 223 Å². The fraction of sp³-hybridized carbons (Fsp3) is 0.688. The summed E-state index contributed by atoms with van der Waals surface area (Å²) in [5, 5.41) is 103. The van der Waals surface area contributed by atoms with Gasteiger partial charge in [-0.3, -0.25) is 28.8 Å². The molecule has 26 nitrogen and oxygen atoms in total. The first-order valence-corrected chi connectivity index (χ1v) is 34.5. The van der Waals surface area contributed by atoms with Crippen molar-refractivity contribution >= 4 is 70.9 Å². The molecule has 0 radical (unpaired) electrons. The molecule has 6 rings (SSSR count). The minimum atomic E-state index is -2.46. The summed E-state index contributed by atoms with van der Waals surface area (Å²) in [6.07, 6.45) is -1.51. The van der Waals surface area contributed by atoms with Gasteiger partial charge in [0.15, 0.2) is 0 Å². The third kappa shape index (κ3) is 23.2. The second kappa shape index (κ2) is 38.2. The van der Waals surface area contributed by atoms with Gasteiger partial charge < -0.3 is 91.7 Å². The number of hydrogen-bond donors (Lipinski definition) is 14. The van der Waals surface area contributed by atoms with Gasteiger partial charge in [-0.1, -0.05) is 62.8 Å². The van der Waals surface area contributed by atoms with E-state index in [1.807, 2.05) is 24.3 Å². The lowest BCUT2D eigenvalue weighted by atomic mass is 9.84. The molecule has 2 aliphatic carbocycles. The molecule has 92 heavy (non-hydrogen) atoms. The molecule has 2 saturated heterocycles. The molecule has 6 amide bonds. The van der Waals surface area contributed by atoms with Crippen LogP contribution in [0.1, 0.15) is 173 Å². The van der Waals surface area contributed by atoms with Crippen molar-refractivity contribution < 1.29 is 98.2 Å². The summed E-state index contributed by atoms with van der Waals surface area (Å²) >= 11 is 2.92. The number of aliphatic hydroxyl groups excluding tert-OH is 6. The summed E-state index contributed by atoms with van der Waals surface area (Å²) in [7, 11) is 0. The average Bonchev–Trinajstić information content (AvgIpc) is 0.780. The van der Waals surface area contributed by atoms with Crippen molar-refractivity contribution in [1.82, 2.24) is 31.9 Å². The van der Waals surface area contributed by atoms with Crippen molar-refractivity contribution in [3.05, 3.63) is 70.8 Å². The molecule has 0 bridgehead atoms. The number of rotatable bonds is 37. The van der Waals surface area contributed by atoms with Crippen molar-refractivity contribution in [2.75, 3.05) is 62.4 Å². The van der Waals surface area contributed by atoms with Crippen LogP contribution < -0.4 is 31.9 Å². The number of carbonyl (C=O) groups excluding carboxylic acids is 6. The van der Waals surface area contributed by atoms with Crippen molar-refractivity contribution in [2.24, 2.45) is 0 Å². The van der Waals surface area contributed by atoms with E-state index in [9.17, 15) is 79.2 Å². The number of carboxylic acids is 2. The SMILES string of the molecule is CC(=O)N[C@H]1[C@H]([C@H](O)[C@H](O)CNC(=O)c2ccc(C3CCCCC3)cc2)O[C@@](OCCCSCCNC(=O)CCCCC(=O)NCCSCCCO[C@]2(C(=O)O)C[C@H](O)[C@@H](NC(C)=O)[C@H]([C@H](O)[C@H](O)CNC(=O)c3ccc(C4CCCCC4)cc3)O2)(C(=O)O)C[C@@H]1O. The third-order valence-corrected chi connectivity index (χ3v) is 19.3. The number of thioether (sulfide) groups is 2. The maximum atomic E-state index is 13.0. The minimum absolute atomic E-state index is 0.150. The number of unbranched alkanes of at least 4 members (excludes halogenated alkanes) is 1. The molecule has 4 aliphatic rings. The molecule has 28 heteroatoms. The number of aliphatic carboxylic acids is 2. The number of nitrogens with one attached hydrogen (secondary N) is 6. The molecule has 4 fully saturated rings. The lowest BCUT2D eigenvalue weighted by Gasteiger charge is -2.46. The Bertz CT molecular complexity index is 2510. The van der Waals surface area contributed by atoms with Gasteiger partial charge in [0.1, 0.15) is 24.4 Å². The molecule has 514 valence electrons. The molecule has 2 aliphatic heterocycles. The van der Waals surface area contributed by atoms with Gasteiger partial charge in [0, 0.05) is 88.3 Å². The summed E-state index contributed by atoms with van der Waals surface area (Å²) in [5.74, 6) is -7.86. The smallest absolute Gasteiger partial charge is 0.364 e. The number of carboxylic acid groups (broad SMARTS) is 2. The van der Waals surface area contributed by atoms with Gasteiger partial charge in [-0.15, -0.1) is 0 Å². The number of amides is 6. The predicted octanol–water partition coefficient (Wildman–Crippen LogP) is 2.33. The van der Waals surface area contributed by atoms with Gasteiger partial charge >= 0.3 is 11.9 Å². The van der Waals surface area contributed by atoms with E-state index < -0.39 is 134 Å². The van der Waals surface area contributed by atoms with E-state index in [0.717, 1.165) is 76.3 Å². The maximum absolute atomic E-state index is 13.0. The highest BCUT2D eigenvalue weighted by Gasteiger charge is 2.57. The second-order valence-electron chi connectivity index (χ2n) is 24.3. The Labute approximate surface area is 545 Å². The summed E-state index contributed by atoms with van der Waals surface area (Å²) in [6.45, 7) is 1.78. The molecule has 0 unspecified atom stereocenters. The van der Waals surface area contributed by atoms with Crippen molar-refractivity contribution in [1.29, 1.82) is 0 Å². The van der Waals surface area contributed by atoms with E-state index in [1.165, 1.54) is 36.4 Å². The normalized spacial score (nSPS) is 25.0. The Kier molecular flexibility index (Phi) is 31.3. The molecule has 12 atom stereocenters. The number of carbonyl (C=O) groups is 8. The zero-order valence-corrected chi connectivity index (χ0v) is 54.3. The van der Waals surface area contributed by atoms with Crippen molar-refractivity contribution in [3.63, 3.8) is 0 Å². The molecule has 14 N–H and O–H groups in total. The van der Waals surface area contributed by atoms with E-state index in [0.29, 0.717) is 84.7 Å². The Morgan fingerprint density at radius 3 is 1.22 bits per heavy atom. The largest absolute Gasteiger partial charge is 0.477 e. The van der Waals surface area contributed by atoms with Gasteiger partial charge in [0.05, 0.1) is 49.7 Å². The van der Waals surface area contributed by atoms with Crippen LogP contribution in [0.2, 0.25) is 0 Å². The first-order valence-electron chi connectivity index (χ1n) is 32.2. The van der Waals surface area contributed by atoms with Crippen LogP contribution in [0, 0.1) is 0 Å². The first-order chi connectivity index (χ1) is 44.0. The summed E-state index contributed by atoms with van der Waals surface area (Å²) in [6, 6.07) is 11.8. The lowest BCUT2D eigenvalue weighted by Crippen LogP contribution is -2.68. The highest BCUT2D eigenvalue weighted by Crippen LogP contribution is 2.37. The standard InChI is InChI=1S/C64H96N6O20S2/c1-39(71)69-53-47(73)35-63(61(83)84,89-57(53)55(79)49(75)37-67-59(81)45-23-19-43(20-24-45)41-13-5-3-6-14-41)87-29-11-31-91-33-27-65-51(77)17-9-10-18-52(78)66-28-34-92-32-12-30-88-64(62(85)86)36-48(74)54(70-40(2)72)58(90-64)56(80)50(76)38-68-60(82)46-25-21-44(22-26-46)42-15-7-4-8-16-42/h19-26,41-42,47-50,53-58,73-76,79-80H,3-18,27-38H2,1-2H3,(H,65,77)(H,66,78)(H,67,81)(H,68,82)(H,69,71)(H,70,72)(H,83,84)(H,85,86)/t47-,48-,49+,50+,53+,54+,55+,56+,57+,58+,63+,64+/m0/s1. The first kappa shape index (κ1) is 75.5. The van der Waals surface area contributed by atoms with Crippen LogP contribution in [0.3, 0.4) is 0 Å². The number of hydrogen-bond acceptors (Lipinski definition) is 20. The molecular formula is C64H96N6O20S2. The van der Waals surface area contributed by atoms with Crippen molar-refractivity contribution in [2.45, 2.75) is 214 Å². The minimum Gasteiger partial charge on any atom is -0.477 e. The van der Waals surface area contributed by atoms with Crippen LogP contribution in [-0.2, 0) is 47.7 Å². The Morgan fingerprint density at radius 1 is 0.522 bits per heavy atom. The van der Waals surface area contributed by atoms with E-state index in [2.05, 4.69) is 31.9 Å². The fourth-order valence-corrected chi connectivity index (χ4v) is 13.7. The van der Waals surface area contributed by atoms with Gasteiger partial charge in [0.2, 0.25) is 23.6 Å². The number of ether oxygens (including phenoxy) is 4. The molecule has 2 aromatic carbocycles. The Hall–Kier alpha value is -5.50. The van der Waals surface area contributed by atoms with Gasteiger partial charge in [-0.25, -0.2) is 9.59 Å². The molecule has 2 aromatic rings. The number of aliphatic hydroxyl groups is 6. The lowest BCUT2D eigenvalue weighted by molar-refractivity contribution is -0.310. The van der Waals surface area contributed by atoms with Crippen LogP contribution in [0.25, 0.3) is 0 Å². The highest BCUT2D eigenvalue weighted by molar-refractivity contribution is 7.99. The van der Waals surface area contributed by atoms with Crippen LogP contribution in [0.4, 0.5) is 0 Å². The van der Waals surface area contributed by atoms with E-state index in [1.54, 1.807) is 24.3 Å². The zero-order valence-electron chi connectivity index (χ0n) is 52.6. The van der Waals surface area contributed by atoms with Gasteiger partial charge in [-0.2, -0.15) is 23.5 Å². The number of benzene rings is 2. The average molecular weight is 1330 g/mol. The quantitative estimate of drug-likeness (QED) is 0.0432. The predicted molar refractivity (Wildman–Crippen MR) is 340 cm³/mol. The Morgan fingerprint density at radius 2 is 0.880 bits per heavy atom. The molecule has 2 heterocycles. The molecule has 0 aromatic heterocycles.